The van der Waals surface area contributed by atoms with Gasteiger partial charge in [0.2, 0.25) is 0 Å². The van der Waals surface area contributed by atoms with E-state index >= 15 is 0 Å². The van der Waals surface area contributed by atoms with Crippen LogP contribution in [0.1, 0.15) is 24.5 Å². The first kappa shape index (κ1) is 20.0. The lowest BCUT2D eigenvalue weighted by molar-refractivity contribution is 0.0915. The van der Waals surface area contributed by atoms with Gasteiger partial charge in [-0.1, -0.05) is 41.9 Å². The average molecular weight is 414 g/mol. The first-order valence-electron chi connectivity index (χ1n) is 10.2. The van der Waals surface area contributed by atoms with Gasteiger partial charge in [0.15, 0.2) is 5.96 Å². The second-order valence-corrected chi connectivity index (χ2v) is 8.00. The number of hydrogen-bond acceptors (Lipinski definition) is 4. The average Bonchev–Trinajstić information content (AvgIpc) is 3.41. The molecule has 0 bridgehead atoms. The SMILES string of the molecule is CN=C(NCC1CCOC1c1ccccc1)NC1CCN(c2ncccc2Cl)C1. The molecule has 0 spiro atoms. The summed E-state index contributed by atoms with van der Waals surface area (Å²) in [5, 5.41) is 7.75. The molecule has 2 N–H and O–H groups in total. The molecule has 0 amide bonds. The Kier molecular flexibility index (Phi) is 6.52. The maximum Gasteiger partial charge on any atom is 0.191 e. The van der Waals surface area contributed by atoms with Gasteiger partial charge in [-0.2, -0.15) is 0 Å². The summed E-state index contributed by atoms with van der Waals surface area (Å²) in [6.45, 7) is 3.43. The molecule has 0 radical (unpaired) electrons. The van der Waals surface area contributed by atoms with E-state index in [0.29, 0.717) is 17.0 Å². The zero-order valence-corrected chi connectivity index (χ0v) is 17.5. The van der Waals surface area contributed by atoms with Gasteiger partial charge in [0.1, 0.15) is 5.82 Å². The van der Waals surface area contributed by atoms with Gasteiger partial charge in [-0.15, -0.1) is 0 Å². The van der Waals surface area contributed by atoms with Crippen molar-refractivity contribution in [2.75, 3.05) is 38.2 Å². The number of halogens is 1. The second kappa shape index (κ2) is 9.46. The molecule has 154 valence electrons. The number of benzene rings is 1. The zero-order valence-electron chi connectivity index (χ0n) is 16.7. The Hall–Kier alpha value is -2.31. The van der Waals surface area contributed by atoms with Crippen molar-refractivity contribution in [3.8, 4) is 0 Å². The van der Waals surface area contributed by atoms with Gasteiger partial charge >= 0.3 is 0 Å². The summed E-state index contributed by atoms with van der Waals surface area (Å²) in [4.78, 5) is 11.1. The van der Waals surface area contributed by atoms with Crippen LogP contribution < -0.4 is 15.5 Å². The number of hydrogen-bond donors (Lipinski definition) is 2. The summed E-state index contributed by atoms with van der Waals surface area (Å²) in [5.74, 6) is 2.13. The predicted octanol–water partition coefficient (Wildman–Crippen LogP) is 3.26. The van der Waals surface area contributed by atoms with Gasteiger partial charge in [0.25, 0.3) is 0 Å². The largest absolute Gasteiger partial charge is 0.373 e. The van der Waals surface area contributed by atoms with Gasteiger partial charge in [-0.05, 0) is 30.5 Å². The fourth-order valence-electron chi connectivity index (χ4n) is 4.15. The summed E-state index contributed by atoms with van der Waals surface area (Å²) in [5.41, 5.74) is 1.25. The molecule has 2 aromatic rings. The third kappa shape index (κ3) is 4.82. The number of anilines is 1. The lowest BCUT2D eigenvalue weighted by Crippen LogP contribution is -2.46. The Labute approximate surface area is 177 Å². The van der Waals surface area contributed by atoms with Crippen molar-refractivity contribution in [2.24, 2.45) is 10.9 Å². The molecule has 29 heavy (non-hydrogen) atoms. The number of ether oxygens (including phenoxy) is 1. The van der Waals surface area contributed by atoms with Gasteiger partial charge in [-0.25, -0.2) is 4.98 Å². The van der Waals surface area contributed by atoms with Crippen LogP contribution >= 0.6 is 11.6 Å². The fraction of sp³-hybridized carbons (Fsp3) is 0.455. The molecule has 3 unspecified atom stereocenters. The quantitative estimate of drug-likeness (QED) is 0.582. The highest BCUT2D eigenvalue weighted by atomic mass is 35.5. The maximum atomic E-state index is 6.30. The normalized spacial score (nSPS) is 24.7. The number of nitrogens with one attached hydrogen (secondary N) is 2. The molecular weight excluding hydrogens is 386 g/mol. The molecular formula is C22H28ClN5O. The Morgan fingerprint density at radius 1 is 1.24 bits per heavy atom. The highest BCUT2D eigenvalue weighted by Gasteiger charge is 2.30. The van der Waals surface area contributed by atoms with Crippen LogP contribution in [0, 0.1) is 5.92 Å². The summed E-state index contributed by atoms with van der Waals surface area (Å²) in [7, 11) is 1.82. The molecule has 3 atom stereocenters. The van der Waals surface area contributed by atoms with E-state index in [1.165, 1.54) is 5.56 Å². The van der Waals surface area contributed by atoms with E-state index in [1.807, 2.05) is 25.2 Å². The Balaban J connectivity index is 1.30. The van der Waals surface area contributed by atoms with Crippen molar-refractivity contribution >= 4 is 23.4 Å². The van der Waals surface area contributed by atoms with Crippen molar-refractivity contribution in [1.29, 1.82) is 0 Å². The van der Waals surface area contributed by atoms with E-state index < -0.39 is 0 Å². The van der Waals surface area contributed by atoms with Crippen LogP contribution in [0.25, 0.3) is 0 Å². The predicted molar refractivity (Wildman–Crippen MR) is 118 cm³/mol. The van der Waals surface area contributed by atoms with Crippen LogP contribution in [0.15, 0.2) is 53.7 Å². The minimum atomic E-state index is 0.148. The standard InChI is InChI=1S/C22H28ClN5O/c1-24-22(26-14-17-10-13-29-20(17)16-6-3-2-4-7-16)27-18-9-12-28(15-18)21-19(23)8-5-11-25-21/h2-8,11,17-18,20H,9-10,12-15H2,1H3,(H2,24,26,27). The van der Waals surface area contributed by atoms with Crippen molar-refractivity contribution in [3.05, 3.63) is 59.2 Å². The monoisotopic (exact) mass is 413 g/mol. The summed E-state index contributed by atoms with van der Waals surface area (Å²) >= 11 is 6.30. The molecule has 6 nitrogen and oxygen atoms in total. The third-order valence-electron chi connectivity index (χ3n) is 5.67. The molecule has 2 saturated heterocycles. The first-order valence-corrected chi connectivity index (χ1v) is 10.6. The molecule has 1 aromatic heterocycles. The summed E-state index contributed by atoms with van der Waals surface area (Å²) in [6, 6.07) is 14.5. The molecule has 0 aliphatic carbocycles. The number of aromatic nitrogens is 1. The van der Waals surface area contributed by atoms with E-state index in [-0.39, 0.29) is 6.10 Å². The Morgan fingerprint density at radius 3 is 2.90 bits per heavy atom. The van der Waals surface area contributed by atoms with Crippen LogP contribution in [0.2, 0.25) is 5.02 Å². The smallest absolute Gasteiger partial charge is 0.191 e. The third-order valence-corrected chi connectivity index (χ3v) is 5.96. The molecule has 2 aliphatic rings. The molecule has 7 heteroatoms. The Bertz CT molecular complexity index is 831. The van der Waals surface area contributed by atoms with Gasteiger partial charge in [-0.3, -0.25) is 4.99 Å². The summed E-state index contributed by atoms with van der Waals surface area (Å²) in [6.07, 6.45) is 4.01. The highest BCUT2D eigenvalue weighted by Crippen LogP contribution is 2.33. The van der Waals surface area contributed by atoms with Crippen molar-refractivity contribution in [2.45, 2.75) is 25.0 Å². The molecule has 0 saturated carbocycles. The van der Waals surface area contributed by atoms with Gasteiger partial charge in [0, 0.05) is 51.4 Å². The van der Waals surface area contributed by atoms with Gasteiger partial charge < -0.3 is 20.3 Å². The zero-order chi connectivity index (χ0) is 20.1. The molecule has 3 heterocycles. The van der Waals surface area contributed by atoms with Crippen LogP contribution in [-0.4, -0.2) is 50.3 Å². The minimum Gasteiger partial charge on any atom is -0.373 e. The molecule has 4 rings (SSSR count). The van der Waals surface area contributed by atoms with Crippen molar-refractivity contribution in [3.63, 3.8) is 0 Å². The molecule has 2 fully saturated rings. The number of rotatable bonds is 5. The maximum absolute atomic E-state index is 6.30. The van der Waals surface area contributed by atoms with E-state index in [2.05, 4.69) is 49.8 Å². The topological polar surface area (TPSA) is 61.8 Å². The second-order valence-electron chi connectivity index (χ2n) is 7.59. The minimum absolute atomic E-state index is 0.148. The van der Waals surface area contributed by atoms with Crippen LogP contribution in [-0.2, 0) is 4.74 Å². The number of aliphatic imine (C=N–C) groups is 1. The molecule has 1 aromatic carbocycles. The van der Waals surface area contributed by atoms with E-state index in [4.69, 9.17) is 16.3 Å². The number of nitrogens with zero attached hydrogens (tertiary/aromatic N) is 3. The van der Waals surface area contributed by atoms with Crippen LogP contribution in [0.4, 0.5) is 5.82 Å². The fourth-order valence-corrected chi connectivity index (χ4v) is 4.39. The number of pyridine rings is 1. The Morgan fingerprint density at radius 2 is 2.10 bits per heavy atom. The van der Waals surface area contributed by atoms with Crippen molar-refractivity contribution < 1.29 is 4.74 Å². The highest BCUT2D eigenvalue weighted by molar-refractivity contribution is 6.32. The van der Waals surface area contributed by atoms with E-state index in [9.17, 15) is 0 Å². The summed E-state index contributed by atoms with van der Waals surface area (Å²) < 4.78 is 6.00. The first-order chi connectivity index (χ1) is 14.2. The lowest BCUT2D eigenvalue weighted by Gasteiger charge is -2.23. The van der Waals surface area contributed by atoms with E-state index in [1.54, 1.807) is 6.20 Å². The van der Waals surface area contributed by atoms with Crippen LogP contribution in [0.5, 0.6) is 0 Å². The lowest BCUT2D eigenvalue weighted by atomic mass is 9.95. The molecule has 2 aliphatic heterocycles. The van der Waals surface area contributed by atoms with Gasteiger partial charge in [0.05, 0.1) is 11.1 Å². The van der Waals surface area contributed by atoms with Crippen LogP contribution in [0.3, 0.4) is 0 Å². The van der Waals surface area contributed by atoms with E-state index in [0.717, 1.165) is 50.9 Å². The number of guanidine groups is 1. The van der Waals surface area contributed by atoms with Crippen molar-refractivity contribution in [1.82, 2.24) is 15.6 Å².